The molecule has 2 aromatic rings. The fraction of sp³-hybridized carbons (Fsp3) is 0.360. The highest BCUT2D eigenvalue weighted by Crippen LogP contribution is 2.28. The molecule has 164 valence electrons. The lowest BCUT2D eigenvalue weighted by Crippen LogP contribution is -2.37. The molecule has 0 aliphatic carbocycles. The Hall–Kier alpha value is -2.79. The van der Waals surface area contributed by atoms with Gasteiger partial charge in [-0.2, -0.15) is 0 Å². The number of carbonyl (C=O) groups excluding carboxylic acids is 2. The van der Waals surface area contributed by atoms with E-state index in [2.05, 4.69) is 25.2 Å². The van der Waals surface area contributed by atoms with Crippen molar-refractivity contribution in [2.45, 2.75) is 33.1 Å². The molecule has 1 aliphatic heterocycles. The van der Waals surface area contributed by atoms with Crippen molar-refractivity contribution >= 4 is 34.7 Å². The van der Waals surface area contributed by atoms with Crippen molar-refractivity contribution in [1.29, 1.82) is 0 Å². The van der Waals surface area contributed by atoms with Gasteiger partial charge in [0.2, 0.25) is 11.8 Å². The number of methoxy groups -OCH3 is 1. The molecule has 1 N–H and O–H groups in total. The molecular formula is C25H29ClN2O3. The summed E-state index contributed by atoms with van der Waals surface area (Å²) in [5.74, 6) is -0.276. The Morgan fingerprint density at radius 1 is 1.26 bits per heavy atom. The minimum Gasteiger partial charge on any atom is -0.497 e. The fourth-order valence-corrected chi connectivity index (χ4v) is 4.09. The fourth-order valence-electron chi connectivity index (χ4n) is 3.92. The smallest absolute Gasteiger partial charge is 0.239 e. The first-order valence-corrected chi connectivity index (χ1v) is 11.0. The Morgan fingerprint density at radius 3 is 2.68 bits per heavy atom. The lowest BCUT2D eigenvalue weighted by molar-refractivity contribution is -0.132. The van der Waals surface area contributed by atoms with Crippen LogP contribution in [0.1, 0.15) is 37.3 Å². The predicted molar refractivity (Wildman–Crippen MR) is 126 cm³/mol. The second kappa shape index (κ2) is 10.5. The Balaban J connectivity index is 1.59. The van der Waals surface area contributed by atoms with Gasteiger partial charge in [0.1, 0.15) is 11.7 Å². The molecule has 1 aliphatic rings. The molecule has 2 aromatic carbocycles. The molecular weight excluding hydrogens is 412 g/mol. The summed E-state index contributed by atoms with van der Waals surface area (Å²) in [7, 11) is 1.60. The van der Waals surface area contributed by atoms with Crippen LogP contribution < -0.4 is 15.0 Å². The predicted octanol–water partition coefficient (Wildman–Crippen LogP) is 5.01. The van der Waals surface area contributed by atoms with Crippen LogP contribution in [0.15, 0.2) is 48.5 Å². The van der Waals surface area contributed by atoms with Gasteiger partial charge in [0.25, 0.3) is 0 Å². The third kappa shape index (κ3) is 5.47. The van der Waals surface area contributed by atoms with Crippen LogP contribution in [-0.2, 0) is 9.59 Å². The van der Waals surface area contributed by atoms with Gasteiger partial charge in [-0.05, 0) is 79.3 Å². The highest BCUT2D eigenvalue weighted by atomic mass is 35.5. The van der Waals surface area contributed by atoms with E-state index in [1.54, 1.807) is 12.0 Å². The van der Waals surface area contributed by atoms with Crippen LogP contribution in [0.4, 0.5) is 5.69 Å². The van der Waals surface area contributed by atoms with Crippen molar-refractivity contribution in [2.24, 2.45) is 5.92 Å². The van der Waals surface area contributed by atoms with Crippen LogP contribution in [0.25, 0.3) is 5.57 Å². The van der Waals surface area contributed by atoms with E-state index in [1.807, 2.05) is 42.5 Å². The second-order valence-electron chi connectivity index (χ2n) is 7.67. The Bertz CT molecular complexity index is 969. The SMILES string of the molecule is CCC=C(CCNC(=O)C1CCN(c2ccc(OC)cc2)C1=O)c1cc(Cl)ccc1C. The first kappa shape index (κ1) is 22.9. The lowest BCUT2D eigenvalue weighted by Gasteiger charge is -2.17. The molecule has 31 heavy (non-hydrogen) atoms. The van der Waals surface area contributed by atoms with Crippen LogP contribution >= 0.6 is 11.6 Å². The van der Waals surface area contributed by atoms with E-state index < -0.39 is 5.92 Å². The van der Waals surface area contributed by atoms with E-state index >= 15 is 0 Å². The highest BCUT2D eigenvalue weighted by molar-refractivity contribution is 6.30. The molecule has 1 unspecified atom stereocenters. The zero-order chi connectivity index (χ0) is 22.4. The van der Waals surface area contributed by atoms with Gasteiger partial charge >= 0.3 is 0 Å². The van der Waals surface area contributed by atoms with E-state index in [0.29, 0.717) is 31.0 Å². The van der Waals surface area contributed by atoms with Crippen LogP contribution in [0.2, 0.25) is 5.02 Å². The number of hydrogen-bond donors (Lipinski definition) is 1. The van der Waals surface area contributed by atoms with Crippen molar-refractivity contribution in [3.63, 3.8) is 0 Å². The number of nitrogens with zero attached hydrogens (tertiary/aromatic N) is 1. The molecule has 1 fully saturated rings. The molecule has 0 radical (unpaired) electrons. The lowest BCUT2D eigenvalue weighted by atomic mass is 9.97. The van der Waals surface area contributed by atoms with E-state index in [9.17, 15) is 9.59 Å². The summed E-state index contributed by atoms with van der Waals surface area (Å²) < 4.78 is 5.17. The van der Waals surface area contributed by atoms with E-state index in [4.69, 9.17) is 16.3 Å². The van der Waals surface area contributed by atoms with Gasteiger partial charge in [0.15, 0.2) is 0 Å². The number of ether oxygens (including phenoxy) is 1. The monoisotopic (exact) mass is 440 g/mol. The molecule has 5 nitrogen and oxygen atoms in total. The molecule has 0 aromatic heterocycles. The normalized spacial score (nSPS) is 16.5. The number of allylic oxidation sites excluding steroid dienone is 1. The number of amides is 2. The first-order chi connectivity index (χ1) is 14.9. The number of anilines is 1. The molecule has 1 saturated heterocycles. The minimum atomic E-state index is -0.645. The summed E-state index contributed by atoms with van der Waals surface area (Å²) in [5, 5.41) is 3.65. The van der Waals surface area contributed by atoms with Crippen LogP contribution in [0.3, 0.4) is 0 Å². The van der Waals surface area contributed by atoms with Crippen molar-refractivity contribution in [1.82, 2.24) is 5.32 Å². The first-order valence-electron chi connectivity index (χ1n) is 10.6. The number of hydrogen-bond acceptors (Lipinski definition) is 3. The van der Waals surface area contributed by atoms with Crippen molar-refractivity contribution < 1.29 is 14.3 Å². The number of halogens is 1. The maximum Gasteiger partial charge on any atom is 0.239 e. The molecule has 6 heteroatoms. The third-order valence-electron chi connectivity index (χ3n) is 5.60. The zero-order valence-corrected chi connectivity index (χ0v) is 19.0. The summed E-state index contributed by atoms with van der Waals surface area (Å²) in [6.45, 7) is 5.15. The molecule has 2 amide bonds. The summed E-state index contributed by atoms with van der Waals surface area (Å²) in [5.41, 5.74) is 4.19. The minimum absolute atomic E-state index is 0.155. The average molecular weight is 441 g/mol. The van der Waals surface area contributed by atoms with Crippen molar-refractivity contribution in [3.05, 3.63) is 64.7 Å². The zero-order valence-electron chi connectivity index (χ0n) is 18.3. The Labute approximate surface area is 189 Å². The van der Waals surface area contributed by atoms with Crippen LogP contribution in [-0.4, -0.2) is 32.0 Å². The Kier molecular flexibility index (Phi) is 7.75. The van der Waals surface area contributed by atoms with Crippen molar-refractivity contribution in [2.75, 3.05) is 25.1 Å². The molecule has 3 rings (SSSR count). The van der Waals surface area contributed by atoms with Gasteiger partial charge in [0.05, 0.1) is 7.11 Å². The van der Waals surface area contributed by atoms with E-state index in [1.165, 1.54) is 0 Å². The number of nitrogens with one attached hydrogen (secondary N) is 1. The maximum absolute atomic E-state index is 12.8. The number of rotatable bonds is 8. The quantitative estimate of drug-likeness (QED) is 0.587. The molecule has 0 bridgehead atoms. The number of aryl methyl sites for hydroxylation is 1. The summed E-state index contributed by atoms with van der Waals surface area (Å²) in [4.78, 5) is 27.2. The van der Waals surface area contributed by atoms with Crippen LogP contribution in [0.5, 0.6) is 5.75 Å². The second-order valence-corrected chi connectivity index (χ2v) is 8.10. The maximum atomic E-state index is 12.8. The standard InChI is InChI=1S/C25H29ClN2O3/c1-4-5-18(23-16-19(26)7-6-17(23)2)12-14-27-24(29)22-13-15-28(25(22)30)20-8-10-21(31-3)11-9-20/h5-11,16,22H,4,12-15H2,1-3H3,(H,27,29). The summed E-state index contributed by atoms with van der Waals surface area (Å²) in [6.07, 6.45) is 4.26. The van der Waals surface area contributed by atoms with Crippen molar-refractivity contribution in [3.8, 4) is 5.75 Å². The van der Waals surface area contributed by atoms with Crippen LogP contribution in [0, 0.1) is 12.8 Å². The summed E-state index contributed by atoms with van der Waals surface area (Å²) >= 11 is 6.18. The Morgan fingerprint density at radius 2 is 2.00 bits per heavy atom. The topological polar surface area (TPSA) is 58.6 Å². The number of carbonyl (C=O) groups is 2. The van der Waals surface area contributed by atoms with Gasteiger partial charge in [-0.1, -0.05) is 30.7 Å². The van der Waals surface area contributed by atoms with Gasteiger partial charge in [-0.15, -0.1) is 0 Å². The summed E-state index contributed by atoms with van der Waals surface area (Å²) in [6, 6.07) is 13.2. The van der Waals surface area contributed by atoms with Gasteiger partial charge in [-0.3, -0.25) is 9.59 Å². The molecule has 0 saturated carbocycles. The average Bonchev–Trinajstić information content (AvgIpc) is 3.16. The third-order valence-corrected chi connectivity index (χ3v) is 5.83. The molecule has 0 spiro atoms. The van der Waals surface area contributed by atoms with E-state index in [0.717, 1.165) is 34.6 Å². The largest absolute Gasteiger partial charge is 0.497 e. The van der Waals surface area contributed by atoms with E-state index in [-0.39, 0.29) is 11.8 Å². The van der Waals surface area contributed by atoms with Gasteiger partial charge in [-0.25, -0.2) is 0 Å². The van der Waals surface area contributed by atoms with Gasteiger partial charge in [0, 0.05) is 23.8 Å². The molecule has 1 heterocycles. The molecule has 1 atom stereocenters. The highest BCUT2D eigenvalue weighted by Gasteiger charge is 2.37. The number of benzene rings is 2. The van der Waals surface area contributed by atoms with Gasteiger partial charge < -0.3 is 15.0 Å².